The molecule has 0 radical (unpaired) electrons. The zero-order valence-electron chi connectivity index (χ0n) is 13.0. The SMILES string of the molecule is COCCOc1ccc(C(=O)NC(=S)Nc2ccccc2)cc1Br. The molecular weight excluding hydrogens is 392 g/mol. The number of carbonyl (C=O) groups excluding carboxylic acids is 1. The van der Waals surface area contributed by atoms with Gasteiger partial charge in [-0.3, -0.25) is 10.1 Å². The van der Waals surface area contributed by atoms with Crippen LogP contribution in [0.3, 0.4) is 0 Å². The number of anilines is 1. The summed E-state index contributed by atoms with van der Waals surface area (Å²) in [7, 11) is 1.61. The summed E-state index contributed by atoms with van der Waals surface area (Å²) in [6.07, 6.45) is 0. The van der Waals surface area contributed by atoms with E-state index in [1.807, 2.05) is 30.3 Å². The number of hydrogen-bond donors (Lipinski definition) is 2. The maximum Gasteiger partial charge on any atom is 0.257 e. The molecule has 24 heavy (non-hydrogen) atoms. The number of para-hydroxylation sites is 1. The van der Waals surface area contributed by atoms with Crippen molar-refractivity contribution in [2.45, 2.75) is 0 Å². The Morgan fingerprint density at radius 2 is 1.92 bits per heavy atom. The first-order valence-electron chi connectivity index (χ1n) is 7.19. The maximum atomic E-state index is 12.2. The minimum Gasteiger partial charge on any atom is -0.490 e. The molecule has 0 aliphatic heterocycles. The van der Waals surface area contributed by atoms with E-state index in [1.165, 1.54) is 0 Å². The third kappa shape index (κ3) is 5.59. The van der Waals surface area contributed by atoms with E-state index in [0.717, 1.165) is 5.69 Å². The van der Waals surface area contributed by atoms with E-state index in [0.29, 0.717) is 29.0 Å². The summed E-state index contributed by atoms with van der Waals surface area (Å²) < 4.78 is 11.2. The molecule has 0 aliphatic rings. The van der Waals surface area contributed by atoms with Crippen LogP contribution < -0.4 is 15.4 Å². The Morgan fingerprint density at radius 3 is 2.58 bits per heavy atom. The molecule has 2 N–H and O–H groups in total. The molecule has 2 rings (SSSR count). The van der Waals surface area contributed by atoms with Gasteiger partial charge in [-0.2, -0.15) is 0 Å². The zero-order chi connectivity index (χ0) is 17.4. The van der Waals surface area contributed by atoms with Gasteiger partial charge in [-0.25, -0.2) is 0 Å². The standard InChI is InChI=1S/C17H17BrN2O3S/c1-22-9-10-23-15-8-7-12(11-14(15)18)16(21)20-17(24)19-13-5-3-2-4-6-13/h2-8,11H,9-10H2,1H3,(H2,19,20,21,24). The van der Waals surface area contributed by atoms with Crippen LogP contribution in [0.5, 0.6) is 5.75 Å². The van der Waals surface area contributed by atoms with Crippen LogP contribution in [0.25, 0.3) is 0 Å². The van der Waals surface area contributed by atoms with Crippen LogP contribution >= 0.6 is 28.1 Å². The highest BCUT2D eigenvalue weighted by atomic mass is 79.9. The molecule has 0 fully saturated rings. The summed E-state index contributed by atoms with van der Waals surface area (Å²) in [4.78, 5) is 12.2. The molecule has 0 spiro atoms. The second kappa shape index (κ2) is 9.36. The Balaban J connectivity index is 1.94. The van der Waals surface area contributed by atoms with Crippen molar-refractivity contribution in [2.24, 2.45) is 0 Å². The highest BCUT2D eigenvalue weighted by Crippen LogP contribution is 2.26. The van der Waals surface area contributed by atoms with Crippen molar-refractivity contribution in [3.05, 3.63) is 58.6 Å². The van der Waals surface area contributed by atoms with Gasteiger partial charge in [0.25, 0.3) is 5.91 Å². The Labute approximate surface area is 154 Å². The third-order valence-electron chi connectivity index (χ3n) is 3.00. The third-order valence-corrected chi connectivity index (χ3v) is 3.82. The summed E-state index contributed by atoms with van der Waals surface area (Å²) >= 11 is 8.54. The van der Waals surface area contributed by atoms with Crippen molar-refractivity contribution in [3.8, 4) is 5.75 Å². The molecule has 0 saturated carbocycles. The summed E-state index contributed by atoms with van der Waals surface area (Å²) in [5.74, 6) is 0.348. The quantitative estimate of drug-likeness (QED) is 0.564. The summed E-state index contributed by atoms with van der Waals surface area (Å²) in [6.45, 7) is 0.930. The monoisotopic (exact) mass is 408 g/mol. The number of ether oxygens (including phenoxy) is 2. The molecule has 2 aromatic rings. The van der Waals surface area contributed by atoms with Gasteiger partial charge < -0.3 is 14.8 Å². The summed E-state index contributed by atoms with van der Waals surface area (Å²) in [5, 5.41) is 5.83. The van der Waals surface area contributed by atoms with Crippen molar-refractivity contribution >= 4 is 44.9 Å². The fraction of sp³-hybridized carbons (Fsp3) is 0.176. The van der Waals surface area contributed by atoms with Gasteiger partial charge in [-0.15, -0.1) is 0 Å². The Morgan fingerprint density at radius 1 is 1.17 bits per heavy atom. The lowest BCUT2D eigenvalue weighted by molar-refractivity contribution is 0.0977. The number of carbonyl (C=O) groups is 1. The molecule has 5 nitrogen and oxygen atoms in total. The molecule has 2 aromatic carbocycles. The Bertz CT molecular complexity index is 710. The van der Waals surface area contributed by atoms with E-state index in [4.69, 9.17) is 21.7 Å². The molecule has 0 aliphatic carbocycles. The first-order chi connectivity index (χ1) is 11.6. The number of nitrogens with one attached hydrogen (secondary N) is 2. The van der Waals surface area contributed by atoms with Crippen molar-refractivity contribution in [1.82, 2.24) is 5.32 Å². The zero-order valence-corrected chi connectivity index (χ0v) is 15.4. The second-order valence-electron chi connectivity index (χ2n) is 4.76. The van der Waals surface area contributed by atoms with Gasteiger partial charge in [-0.05, 0) is 58.5 Å². The summed E-state index contributed by atoms with van der Waals surface area (Å²) in [6, 6.07) is 14.5. The van der Waals surface area contributed by atoms with E-state index >= 15 is 0 Å². The molecule has 0 heterocycles. The van der Waals surface area contributed by atoms with Crippen LogP contribution in [0.15, 0.2) is 53.0 Å². The molecule has 0 unspecified atom stereocenters. The maximum absolute atomic E-state index is 12.2. The van der Waals surface area contributed by atoms with Crippen LogP contribution in [-0.2, 0) is 4.74 Å². The van der Waals surface area contributed by atoms with Crippen LogP contribution in [0, 0.1) is 0 Å². The molecule has 0 atom stereocenters. The van der Waals surface area contributed by atoms with Crippen molar-refractivity contribution < 1.29 is 14.3 Å². The Kier molecular flexibility index (Phi) is 7.17. The highest BCUT2D eigenvalue weighted by Gasteiger charge is 2.11. The van der Waals surface area contributed by atoms with Gasteiger partial charge in [0.15, 0.2) is 5.11 Å². The minimum absolute atomic E-state index is 0.239. The van der Waals surface area contributed by atoms with Crippen LogP contribution in [0.1, 0.15) is 10.4 Å². The van der Waals surface area contributed by atoms with E-state index in [1.54, 1.807) is 25.3 Å². The van der Waals surface area contributed by atoms with Crippen molar-refractivity contribution in [1.29, 1.82) is 0 Å². The number of methoxy groups -OCH3 is 1. The molecule has 126 valence electrons. The number of halogens is 1. The molecule has 1 amide bonds. The van der Waals surface area contributed by atoms with Gasteiger partial charge in [0, 0.05) is 18.4 Å². The largest absolute Gasteiger partial charge is 0.490 e. The molecule has 0 saturated heterocycles. The lowest BCUT2D eigenvalue weighted by Crippen LogP contribution is -2.34. The first-order valence-corrected chi connectivity index (χ1v) is 8.39. The number of rotatable bonds is 6. The fourth-order valence-corrected chi connectivity index (χ4v) is 2.56. The van der Waals surface area contributed by atoms with Gasteiger partial charge >= 0.3 is 0 Å². The van der Waals surface area contributed by atoms with Crippen molar-refractivity contribution in [3.63, 3.8) is 0 Å². The number of hydrogen-bond acceptors (Lipinski definition) is 4. The second-order valence-corrected chi connectivity index (χ2v) is 6.02. The van der Waals surface area contributed by atoms with E-state index in [-0.39, 0.29) is 11.0 Å². The van der Waals surface area contributed by atoms with Crippen molar-refractivity contribution in [2.75, 3.05) is 25.6 Å². The lowest BCUT2D eigenvalue weighted by atomic mass is 10.2. The van der Waals surface area contributed by atoms with Gasteiger partial charge in [0.05, 0.1) is 11.1 Å². The molecule has 7 heteroatoms. The summed E-state index contributed by atoms with van der Waals surface area (Å²) in [5.41, 5.74) is 1.28. The Hall–Kier alpha value is -1.96. The normalized spacial score (nSPS) is 10.1. The molecule has 0 aromatic heterocycles. The van der Waals surface area contributed by atoms with Crippen LogP contribution in [-0.4, -0.2) is 31.3 Å². The van der Waals surface area contributed by atoms with Gasteiger partial charge in [0.2, 0.25) is 0 Å². The van der Waals surface area contributed by atoms with Gasteiger partial charge in [-0.1, -0.05) is 18.2 Å². The predicted molar refractivity (Wildman–Crippen MR) is 102 cm³/mol. The predicted octanol–water partition coefficient (Wildman–Crippen LogP) is 3.60. The smallest absolute Gasteiger partial charge is 0.257 e. The number of benzene rings is 2. The lowest BCUT2D eigenvalue weighted by Gasteiger charge is -2.11. The fourth-order valence-electron chi connectivity index (χ4n) is 1.85. The minimum atomic E-state index is -0.299. The average Bonchev–Trinajstić information content (AvgIpc) is 2.57. The van der Waals surface area contributed by atoms with E-state index < -0.39 is 0 Å². The molecular formula is C17H17BrN2O3S. The van der Waals surface area contributed by atoms with E-state index in [2.05, 4.69) is 26.6 Å². The average molecular weight is 409 g/mol. The van der Waals surface area contributed by atoms with Gasteiger partial charge in [0.1, 0.15) is 12.4 Å². The highest BCUT2D eigenvalue weighted by molar-refractivity contribution is 9.10. The van der Waals surface area contributed by atoms with Crippen LogP contribution in [0.2, 0.25) is 0 Å². The van der Waals surface area contributed by atoms with Crippen LogP contribution in [0.4, 0.5) is 5.69 Å². The molecule has 0 bridgehead atoms. The van der Waals surface area contributed by atoms with E-state index in [9.17, 15) is 4.79 Å². The first kappa shape index (κ1) is 18.4. The topological polar surface area (TPSA) is 59.6 Å². The number of thiocarbonyl (C=S) groups is 1. The number of amides is 1.